The van der Waals surface area contributed by atoms with Crippen molar-refractivity contribution < 1.29 is 23.9 Å². The van der Waals surface area contributed by atoms with Crippen molar-refractivity contribution in [2.75, 3.05) is 0 Å². The average molecular weight is 442 g/mol. The van der Waals surface area contributed by atoms with Gasteiger partial charge in [-0.1, -0.05) is 65.8 Å². The molecule has 0 aliphatic carbocycles. The lowest BCUT2D eigenvalue weighted by Crippen LogP contribution is -2.14. The number of carboxylic acid groups (broad SMARTS) is 1. The normalized spacial score (nSPS) is 11.2. The van der Waals surface area contributed by atoms with E-state index in [2.05, 4.69) is 10.1 Å². The van der Waals surface area contributed by atoms with Crippen LogP contribution in [0.1, 0.15) is 22.6 Å². The second kappa shape index (κ2) is 10.3. The topological polar surface area (TPSA) is 94.2 Å². The van der Waals surface area contributed by atoms with Crippen LogP contribution in [0.15, 0.2) is 94.5 Å². The van der Waals surface area contributed by atoms with Crippen LogP contribution in [-0.4, -0.2) is 21.8 Å². The standard InChI is InChI=1S/C26H22N2O5/c1-18-23(27-25(33-18)21-10-6-3-7-11-21)17-31-22-14-12-19(13-15-22)16-32-28-24(26(29)30)20-8-4-2-5-9-20/h2-15H,16-17H2,1H3,(H,29,30)/b28-24-. The molecule has 4 aromatic rings. The zero-order valence-electron chi connectivity index (χ0n) is 18.0. The van der Waals surface area contributed by atoms with Crippen molar-refractivity contribution in [3.05, 3.63) is 108 Å². The molecule has 0 aliphatic rings. The van der Waals surface area contributed by atoms with Crippen molar-refractivity contribution in [2.45, 2.75) is 20.1 Å². The van der Waals surface area contributed by atoms with Crippen LogP contribution in [0.5, 0.6) is 5.75 Å². The third-order valence-electron chi connectivity index (χ3n) is 4.85. The summed E-state index contributed by atoms with van der Waals surface area (Å²) in [6.45, 7) is 2.27. The van der Waals surface area contributed by atoms with Gasteiger partial charge in [0.15, 0.2) is 5.71 Å². The molecule has 0 aliphatic heterocycles. The van der Waals surface area contributed by atoms with E-state index in [0.29, 0.717) is 23.0 Å². The van der Waals surface area contributed by atoms with Crippen LogP contribution in [0, 0.1) is 6.92 Å². The Bertz CT molecular complexity index is 1230. The molecule has 0 bridgehead atoms. The minimum absolute atomic E-state index is 0.132. The molecule has 0 saturated carbocycles. The van der Waals surface area contributed by atoms with Gasteiger partial charge in [-0.3, -0.25) is 0 Å². The van der Waals surface area contributed by atoms with Crippen molar-refractivity contribution >= 4 is 11.7 Å². The van der Waals surface area contributed by atoms with Gasteiger partial charge in [-0.25, -0.2) is 9.78 Å². The molecule has 0 saturated heterocycles. The molecule has 0 atom stereocenters. The SMILES string of the molecule is Cc1oc(-c2ccccc2)nc1COc1ccc(CO/N=C(\C(=O)O)c2ccccc2)cc1. The molecule has 0 radical (unpaired) electrons. The zero-order valence-corrected chi connectivity index (χ0v) is 18.0. The lowest BCUT2D eigenvalue weighted by molar-refractivity contribution is -0.129. The van der Waals surface area contributed by atoms with E-state index in [1.54, 1.807) is 30.3 Å². The molecule has 3 aromatic carbocycles. The molecule has 33 heavy (non-hydrogen) atoms. The first-order valence-electron chi connectivity index (χ1n) is 10.3. The Kier molecular flexibility index (Phi) is 6.80. The highest BCUT2D eigenvalue weighted by molar-refractivity contribution is 6.42. The Morgan fingerprint density at radius 2 is 1.61 bits per heavy atom. The zero-order chi connectivity index (χ0) is 23.0. The molecule has 0 amide bonds. The fourth-order valence-corrected chi connectivity index (χ4v) is 3.08. The first kappa shape index (κ1) is 21.8. The Morgan fingerprint density at radius 3 is 2.27 bits per heavy atom. The number of benzene rings is 3. The molecule has 0 spiro atoms. The number of aliphatic carboxylic acids is 1. The number of carboxylic acids is 1. The second-order valence-electron chi connectivity index (χ2n) is 7.21. The van der Waals surface area contributed by atoms with Gasteiger partial charge >= 0.3 is 5.97 Å². The van der Waals surface area contributed by atoms with E-state index in [4.69, 9.17) is 14.0 Å². The number of ether oxygens (including phenoxy) is 1. The molecule has 7 heteroatoms. The van der Waals surface area contributed by atoms with E-state index >= 15 is 0 Å². The molecule has 0 fully saturated rings. The Morgan fingerprint density at radius 1 is 0.939 bits per heavy atom. The van der Waals surface area contributed by atoms with Crippen molar-refractivity contribution in [1.82, 2.24) is 4.98 Å². The largest absolute Gasteiger partial charge is 0.487 e. The van der Waals surface area contributed by atoms with Gasteiger partial charge in [0, 0.05) is 11.1 Å². The number of hydrogen-bond acceptors (Lipinski definition) is 6. The predicted molar refractivity (Wildman–Crippen MR) is 123 cm³/mol. The minimum Gasteiger partial charge on any atom is -0.487 e. The van der Waals surface area contributed by atoms with E-state index in [0.717, 1.165) is 16.8 Å². The smallest absolute Gasteiger partial charge is 0.358 e. The molecular weight excluding hydrogens is 420 g/mol. The van der Waals surface area contributed by atoms with Crippen LogP contribution < -0.4 is 4.74 Å². The lowest BCUT2D eigenvalue weighted by Gasteiger charge is -2.06. The molecule has 1 heterocycles. The summed E-state index contributed by atoms with van der Waals surface area (Å²) >= 11 is 0. The van der Waals surface area contributed by atoms with Gasteiger partial charge in [0.1, 0.15) is 30.4 Å². The highest BCUT2D eigenvalue weighted by Gasteiger charge is 2.13. The van der Waals surface area contributed by atoms with Crippen molar-refractivity contribution in [3.63, 3.8) is 0 Å². The van der Waals surface area contributed by atoms with E-state index in [1.807, 2.05) is 61.5 Å². The number of carbonyl (C=O) groups is 1. The van der Waals surface area contributed by atoms with Crippen LogP contribution >= 0.6 is 0 Å². The Labute approximate surface area is 190 Å². The third-order valence-corrected chi connectivity index (χ3v) is 4.85. The number of oxazole rings is 1. The van der Waals surface area contributed by atoms with E-state index < -0.39 is 5.97 Å². The number of aryl methyl sites for hydroxylation is 1. The van der Waals surface area contributed by atoms with Crippen molar-refractivity contribution in [1.29, 1.82) is 0 Å². The second-order valence-corrected chi connectivity index (χ2v) is 7.21. The maximum absolute atomic E-state index is 11.4. The minimum atomic E-state index is -1.15. The predicted octanol–water partition coefficient (Wildman–Crippen LogP) is 5.23. The highest BCUT2D eigenvalue weighted by Crippen LogP contribution is 2.23. The van der Waals surface area contributed by atoms with E-state index in [-0.39, 0.29) is 18.9 Å². The van der Waals surface area contributed by atoms with Crippen LogP contribution in [-0.2, 0) is 22.8 Å². The fraction of sp³-hybridized carbons (Fsp3) is 0.115. The first-order valence-corrected chi connectivity index (χ1v) is 10.3. The van der Waals surface area contributed by atoms with Gasteiger partial charge in [0.05, 0.1) is 0 Å². The van der Waals surface area contributed by atoms with Crippen LogP contribution in [0.4, 0.5) is 0 Å². The summed E-state index contributed by atoms with van der Waals surface area (Å²) in [5.41, 5.74) is 2.81. The molecular formula is C26H22N2O5. The number of rotatable bonds is 9. The molecule has 4 rings (SSSR count). The van der Waals surface area contributed by atoms with Crippen molar-refractivity contribution in [3.8, 4) is 17.2 Å². The van der Waals surface area contributed by atoms with Gasteiger partial charge in [-0.2, -0.15) is 0 Å². The number of aromatic nitrogens is 1. The van der Waals surface area contributed by atoms with Gasteiger partial charge in [0.25, 0.3) is 0 Å². The first-order chi connectivity index (χ1) is 16.1. The molecule has 1 N–H and O–H groups in total. The summed E-state index contributed by atoms with van der Waals surface area (Å²) in [5, 5.41) is 13.2. The molecule has 7 nitrogen and oxygen atoms in total. The summed E-state index contributed by atoms with van der Waals surface area (Å²) in [6.07, 6.45) is 0. The van der Waals surface area contributed by atoms with Gasteiger partial charge < -0.3 is 19.1 Å². The summed E-state index contributed by atoms with van der Waals surface area (Å²) < 4.78 is 11.6. The molecule has 0 unspecified atom stereocenters. The summed E-state index contributed by atoms with van der Waals surface area (Å²) in [6, 6.07) is 25.6. The van der Waals surface area contributed by atoms with Gasteiger partial charge in [-0.15, -0.1) is 0 Å². The van der Waals surface area contributed by atoms with E-state index in [9.17, 15) is 9.90 Å². The average Bonchev–Trinajstić information content (AvgIpc) is 3.22. The number of hydrogen-bond donors (Lipinski definition) is 1. The lowest BCUT2D eigenvalue weighted by atomic mass is 10.1. The quantitative estimate of drug-likeness (QED) is 0.282. The molecule has 1 aromatic heterocycles. The maximum Gasteiger partial charge on any atom is 0.358 e. The number of oxime groups is 1. The Hall–Kier alpha value is -4.39. The summed E-state index contributed by atoms with van der Waals surface area (Å²) in [5.74, 6) is 0.797. The fourth-order valence-electron chi connectivity index (χ4n) is 3.08. The van der Waals surface area contributed by atoms with Crippen LogP contribution in [0.25, 0.3) is 11.5 Å². The molecule has 166 valence electrons. The number of nitrogens with zero attached hydrogens (tertiary/aromatic N) is 2. The monoisotopic (exact) mass is 442 g/mol. The van der Waals surface area contributed by atoms with Crippen molar-refractivity contribution in [2.24, 2.45) is 5.16 Å². The van der Waals surface area contributed by atoms with E-state index in [1.165, 1.54) is 0 Å². The van der Waals surface area contributed by atoms with Gasteiger partial charge in [-0.05, 0) is 36.8 Å². The Balaban J connectivity index is 1.33. The maximum atomic E-state index is 11.4. The third kappa shape index (κ3) is 5.65. The van der Waals surface area contributed by atoms with Gasteiger partial charge in [0.2, 0.25) is 5.89 Å². The van der Waals surface area contributed by atoms with Crippen LogP contribution in [0.3, 0.4) is 0 Å². The summed E-state index contributed by atoms with van der Waals surface area (Å²) in [7, 11) is 0. The van der Waals surface area contributed by atoms with Crippen LogP contribution in [0.2, 0.25) is 0 Å². The highest BCUT2D eigenvalue weighted by atomic mass is 16.6. The summed E-state index contributed by atoms with van der Waals surface area (Å²) in [4.78, 5) is 21.2.